The van der Waals surface area contributed by atoms with Crippen molar-refractivity contribution in [1.29, 1.82) is 0 Å². The van der Waals surface area contributed by atoms with Crippen molar-refractivity contribution in [3.05, 3.63) is 47.5 Å². The molecule has 0 saturated carbocycles. The quantitative estimate of drug-likeness (QED) is 0.937. The largest absolute Gasteiger partial charge is 0.453 e. The molecule has 1 aromatic carbocycles. The van der Waals surface area contributed by atoms with E-state index < -0.39 is 6.09 Å². The lowest BCUT2D eigenvalue weighted by molar-refractivity contribution is 0.170. The smallest absolute Gasteiger partial charge is 0.407 e. The minimum Gasteiger partial charge on any atom is -0.453 e. The van der Waals surface area contributed by atoms with Gasteiger partial charge in [0.1, 0.15) is 6.33 Å². The van der Waals surface area contributed by atoms with Crippen molar-refractivity contribution in [3.63, 3.8) is 0 Å². The predicted molar refractivity (Wildman–Crippen MR) is 71.7 cm³/mol. The van der Waals surface area contributed by atoms with Gasteiger partial charge < -0.3 is 10.1 Å². The monoisotopic (exact) mass is 277 g/mol. The van der Waals surface area contributed by atoms with Gasteiger partial charge in [0.2, 0.25) is 0 Å². The SMILES string of the molecule is COC(=O)NCc1cc(-c2cncnc2)ccc1Cl. The third-order valence-corrected chi connectivity index (χ3v) is 2.92. The summed E-state index contributed by atoms with van der Waals surface area (Å²) in [6, 6.07) is 5.54. The lowest BCUT2D eigenvalue weighted by Crippen LogP contribution is -2.22. The van der Waals surface area contributed by atoms with Crippen LogP contribution in [0.25, 0.3) is 11.1 Å². The molecule has 0 bridgehead atoms. The first kappa shape index (κ1) is 13.3. The van der Waals surface area contributed by atoms with Gasteiger partial charge in [-0.15, -0.1) is 0 Å². The maximum atomic E-state index is 11.1. The van der Waals surface area contributed by atoms with Gasteiger partial charge in [0.15, 0.2) is 0 Å². The second-order valence-electron chi connectivity index (χ2n) is 3.78. The molecule has 6 heteroatoms. The van der Waals surface area contributed by atoms with E-state index in [1.807, 2.05) is 12.1 Å². The maximum absolute atomic E-state index is 11.1. The third kappa shape index (κ3) is 3.42. The number of carbonyl (C=O) groups excluding carboxylic acids is 1. The molecule has 2 rings (SSSR count). The number of halogens is 1. The molecular formula is C13H12ClN3O2. The molecule has 0 fully saturated rings. The van der Waals surface area contributed by atoms with Crippen LogP contribution in [0, 0.1) is 0 Å². The minimum absolute atomic E-state index is 0.299. The van der Waals surface area contributed by atoms with Crippen LogP contribution in [-0.2, 0) is 11.3 Å². The molecule has 5 nitrogen and oxygen atoms in total. The average molecular weight is 278 g/mol. The molecule has 0 unspecified atom stereocenters. The number of nitrogens with one attached hydrogen (secondary N) is 1. The van der Waals surface area contributed by atoms with E-state index in [9.17, 15) is 4.79 Å². The number of carbonyl (C=O) groups is 1. The Balaban J connectivity index is 2.22. The Morgan fingerprint density at radius 1 is 1.32 bits per heavy atom. The number of benzene rings is 1. The molecule has 1 aromatic heterocycles. The van der Waals surface area contributed by atoms with Gasteiger partial charge in [0.25, 0.3) is 0 Å². The highest BCUT2D eigenvalue weighted by molar-refractivity contribution is 6.31. The van der Waals surface area contributed by atoms with Gasteiger partial charge in [-0.05, 0) is 23.3 Å². The molecule has 1 heterocycles. The summed E-state index contributed by atoms with van der Waals surface area (Å²) in [6.45, 7) is 0.299. The van der Waals surface area contributed by atoms with Crippen molar-refractivity contribution < 1.29 is 9.53 Å². The molecule has 0 spiro atoms. The van der Waals surface area contributed by atoms with Crippen molar-refractivity contribution in [2.24, 2.45) is 0 Å². The summed E-state index contributed by atoms with van der Waals surface area (Å²) in [5.74, 6) is 0. The van der Waals surface area contributed by atoms with E-state index in [0.29, 0.717) is 11.6 Å². The van der Waals surface area contributed by atoms with Crippen LogP contribution >= 0.6 is 11.6 Å². The van der Waals surface area contributed by atoms with Crippen LogP contribution in [0.15, 0.2) is 36.9 Å². The average Bonchev–Trinajstić information content (AvgIpc) is 2.47. The van der Waals surface area contributed by atoms with Gasteiger partial charge >= 0.3 is 6.09 Å². The fraction of sp³-hybridized carbons (Fsp3) is 0.154. The van der Waals surface area contributed by atoms with E-state index in [0.717, 1.165) is 16.7 Å². The lowest BCUT2D eigenvalue weighted by atomic mass is 10.1. The molecule has 0 aliphatic rings. The summed E-state index contributed by atoms with van der Waals surface area (Å²) in [4.78, 5) is 19.0. The van der Waals surface area contributed by atoms with Crippen molar-refractivity contribution in [3.8, 4) is 11.1 Å². The Morgan fingerprint density at radius 2 is 2.05 bits per heavy atom. The molecule has 2 aromatic rings. The lowest BCUT2D eigenvalue weighted by Gasteiger charge is -2.08. The van der Waals surface area contributed by atoms with Gasteiger partial charge in [0, 0.05) is 29.5 Å². The first-order chi connectivity index (χ1) is 9.20. The van der Waals surface area contributed by atoms with E-state index in [2.05, 4.69) is 20.0 Å². The summed E-state index contributed by atoms with van der Waals surface area (Å²) in [5, 5.41) is 3.17. The van der Waals surface area contributed by atoms with Gasteiger partial charge in [0.05, 0.1) is 7.11 Å². The molecule has 0 aliphatic heterocycles. The molecular weight excluding hydrogens is 266 g/mol. The van der Waals surface area contributed by atoms with Crippen LogP contribution < -0.4 is 5.32 Å². The van der Waals surface area contributed by atoms with Gasteiger partial charge in [-0.1, -0.05) is 17.7 Å². The highest BCUT2D eigenvalue weighted by atomic mass is 35.5. The van der Waals surface area contributed by atoms with Crippen molar-refractivity contribution in [2.75, 3.05) is 7.11 Å². The molecule has 0 radical (unpaired) electrons. The van der Waals surface area contributed by atoms with Crippen LogP contribution in [0.3, 0.4) is 0 Å². The fourth-order valence-electron chi connectivity index (χ4n) is 1.58. The molecule has 1 N–H and O–H groups in total. The van der Waals surface area contributed by atoms with E-state index in [-0.39, 0.29) is 0 Å². The standard InChI is InChI=1S/C13H12ClN3O2/c1-19-13(18)17-7-10-4-9(2-3-12(10)14)11-5-15-8-16-6-11/h2-6,8H,7H2,1H3,(H,17,18). The molecule has 0 saturated heterocycles. The number of hydrogen-bond acceptors (Lipinski definition) is 4. The van der Waals surface area contributed by atoms with E-state index in [1.165, 1.54) is 13.4 Å². The Kier molecular flexibility index (Phi) is 4.30. The summed E-state index contributed by atoms with van der Waals surface area (Å²) in [7, 11) is 1.31. The summed E-state index contributed by atoms with van der Waals surface area (Å²) in [6.07, 6.45) is 4.41. The van der Waals surface area contributed by atoms with Crippen molar-refractivity contribution in [1.82, 2.24) is 15.3 Å². The van der Waals surface area contributed by atoms with Gasteiger partial charge in [-0.3, -0.25) is 0 Å². The third-order valence-electron chi connectivity index (χ3n) is 2.55. The molecule has 1 amide bonds. The minimum atomic E-state index is -0.496. The Bertz CT molecular complexity index is 575. The fourth-order valence-corrected chi connectivity index (χ4v) is 1.76. The first-order valence-corrected chi connectivity index (χ1v) is 5.94. The number of hydrogen-bond donors (Lipinski definition) is 1. The van der Waals surface area contributed by atoms with Crippen LogP contribution in [0.4, 0.5) is 4.79 Å². The zero-order valence-electron chi connectivity index (χ0n) is 10.3. The van der Waals surface area contributed by atoms with E-state index in [1.54, 1.807) is 18.5 Å². The van der Waals surface area contributed by atoms with E-state index in [4.69, 9.17) is 11.6 Å². The number of alkyl carbamates (subject to hydrolysis) is 1. The van der Waals surface area contributed by atoms with E-state index >= 15 is 0 Å². The van der Waals surface area contributed by atoms with Gasteiger partial charge in [-0.25, -0.2) is 14.8 Å². The van der Waals surface area contributed by atoms with Crippen LogP contribution in [0.5, 0.6) is 0 Å². The van der Waals surface area contributed by atoms with Gasteiger partial charge in [-0.2, -0.15) is 0 Å². The van der Waals surface area contributed by atoms with Crippen LogP contribution in [-0.4, -0.2) is 23.2 Å². The van der Waals surface area contributed by atoms with Crippen molar-refractivity contribution in [2.45, 2.75) is 6.54 Å². The molecule has 19 heavy (non-hydrogen) atoms. The molecule has 0 atom stereocenters. The number of rotatable bonds is 3. The number of methoxy groups -OCH3 is 1. The second kappa shape index (κ2) is 6.15. The second-order valence-corrected chi connectivity index (χ2v) is 4.19. The topological polar surface area (TPSA) is 64.1 Å². The molecule has 98 valence electrons. The van der Waals surface area contributed by atoms with Crippen molar-refractivity contribution >= 4 is 17.7 Å². The molecule has 0 aliphatic carbocycles. The Hall–Kier alpha value is -2.14. The Labute approximate surface area is 115 Å². The maximum Gasteiger partial charge on any atom is 0.407 e. The zero-order chi connectivity index (χ0) is 13.7. The summed E-state index contributed by atoms with van der Waals surface area (Å²) >= 11 is 6.09. The van der Waals surface area contributed by atoms with Crippen LogP contribution in [0.2, 0.25) is 5.02 Å². The normalized spacial score (nSPS) is 10.0. The van der Waals surface area contributed by atoms with Crippen LogP contribution in [0.1, 0.15) is 5.56 Å². The summed E-state index contributed by atoms with van der Waals surface area (Å²) < 4.78 is 4.51. The Morgan fingerprint density at radius 3 is 2.74 bits per heavy atom. The number of ether oxygens (including phenoxy) is 1. The zero-order valence-corrected chi connectivity index (χ0v) is 11.0. The first-order valence-electron chi connectivity index (χ1n) is 5.56. The predicted octanol–water partition coefficient (Wildman–Crippen LogP) is 2.65. The number of nitrogens with zero attached hydrogens (tertiary/aromatic N) is 2. The summed E-state index contributed by atoms with van der Waals surface area (Å²) in [5.41, 5.74) is 2.62. The number of amides is 1. The highest BCUT2D eigenvalue weighted by Crippen LogP contribution is 2.24. The highest BCUT2D eigenvalue weighted by Gasteiger charge is 2.06. The number of aromatic nitrogens is 2.